The number of aromatic nitrogens is 1. The molecule has 1 saturated carbocycles. The number of rotatable bonds is 7. The Labute approximate surface area is 226 Å². The highest BCUT2D eigenvalue weighted by Crippen LogP contribution is 2.44. The van der Waals surface area contributed by atoms with Crippen LogP contribution in [0.5, 0.6) is 5.88 Å². The van der Waals surface area contributed by atoms with E-state index < -0.39 is 0 Å². The fourth-order valence-electron chi connectivity index (χ4n) is 6.80. The molecule has 2 fully saturated rings. The van der Waals surface area contributed by atoms with Gasteiger partial charge in [-0.2, -0.15) is 0 Å². The van der Waals surface area contributed by atoms with Gasteiger partial charge in [-0.15, -0.1) is 11.3 Å². The molecule has 37 heavy (non-hydrogen) atoms. The largest absolute Gasteiger partial charge is 0.481 e. The normalized spacial score (nSPS) is 23.9. The van der Waals surface area contributed by atoms with Crippen molar-refractivity contribution in [2.24, 2.45) is 5.92 Å². The van der Waals surface area contributed by atoms with Crippen molar-refractivity contribution in [3.63, 3.8) is 0 Å². The van der Waals surface area contributed by atoms with Gasteiger partial charge >= 0.3 is 0 Å². The number of fused-ring (bicyclic) bond motifs is 1. The highest BCUT2D eigenvalue weighted by atomic mass is 32.1. The number of likely N-dealkylation sites (tertiary alicyclic amines) is 1. The number of methoxy groups -OCH3 is 2. The zero-order chi connectivity index (χ0) is 26.3. The minimum absolute atomic E-state index is 0.177. The molecule has 5 rings (SSSR count). The molecule has 0 bridgehead atoms. The number of amides is 1. The van der Waals surface area contributed by atoms with Gasteiger partial charge in [0, 0.05) is 53.8 Å². The number of hydrogen-bond acceptors (Lipinski definition) is 6. The molecule has 1 aliphatic carbocycles. The molecule has 1 atom stereocenters. The smallest absolute Gasteiger partial charge is 0.255 e. The average Bonchev–Trinajstić information content (AvgIpc) is 3.10. The molecule has 6 nitrogen and oxygen atoms in total. The van der Waals surface area contributed by atoms with Crippen molar-refractivity contribution < 1.29 is 14.3 Å². The molecule has 0 N–H and O–H groups in total. The van der Waals surface area contributed by atoms with Gasteiger partial charge in [-0.25, -0.2) is 4.98 Å². The number of hydrogen-bond donors (Lipinski definition) is 0. The van der Waals surface area contributed by atoms with Gasteiger partial charge in [0.1, 0.15) is 0 Å². The Kier molecular flexibility index (Phi) is 7.94. The van der Waals surface area contributed by atoms with Gasteiger partial charge in [0.15, 0.2) is 0 Å². The molecule has 2 aromatic rings. The predicted octanol–water partition coefficient (Wildman–Crippen LogP) is 5.66. The molecule has 0 radical (unpaired) electrons. The van der Waals surface area contributed by atoms with Gasteiger partial charge in [-0.1, -0.05) is 6.92 Å². The maximum atomic E-state index is 13.9. The van der Waals surface area contributed by atoms with E-state index in [-0.39, 0.29) is 5.91 Å². The van der Waals surface area contributed by atoms with E-state index in [4.69, 9.17) is 9.47 Å². The van der Waals surface area contributed by atoms with Crippen LogP contribution >= 0.6 is 11.3 Å². The Morgan fingerprint density at radius 1 is 1.14 bits per heavy atom. The number of thiophene rings is 1. The van der Waals surface area contributed by atoms with E-state index in [9.17, 15) is 4.79 Å². The third kappa shape index (κ3) is 5.19. The van der Waals surface area contributed by atoms with Crippen LogP contribution in [0.25, 0.3) is 0 Å². The highest BCUT2D eigenvalue weighted by Gasteiger charge is 2.37. The van der Waals surface area contributed by atoms with Crippen molar-refractivity contribution in [1.82, 2.24) is 14.8 Å². The van der Waals surface area contributed by atoms with Crippen molar-refractivity contribution in [3.05, 3.63) is 43.8 Å². The second-order valence-electron chi connectivity index (χ2n) is 11.5. The lowest BCUT2D eigenvalue weighted by Crippen LogP contribution is -2.56. The van der Waals surface area contributed by atoms with Crippen molar-refractivity contribution in [1.29, 1.82) is 0 Å². The summed E-state index contributed by atoms with van der Waals surface area (Å²) in [5.74, 6) is 2.02. The van der Waals surface area contributed by atoms with Gasteiger partial charge in [0.25, 0.3) is 5.91 Å². The first-order chi connectivity index (χ1) is 17.8. The van der Waals surface area contributed by atoms with Crippen molar-refractivity contribution in [3.8, 4) is 5.88 Å². The maximum absolute atomic E-state index is 13.9. The number of aryl methyl sites for hydroxylation is 3. The van der Waals surface area contributed by atoms with Crippen LogP contribution in [0.3, 0.4) is 0 Å². The summed E-state index contributed by atoms with van der Waals surface area (Å²) in [6, 6.07) is 2.80. The van der Waals surface area contributed by atoms with E-state index in [0.717, 1.165) is 60.9 Å². The van der Waals surface area contributed by atoms with E-state index >= 15 is 0 Å². The van der Waals surface area contributed by atoms with Gasteiger partial charge in [-0.05, 0) is 88.3 Å². The predicted molar refractivity (Wildman–Crippen MR) is 149 cm³/mol. The van der Waals surface area contributed by atoms with Crippen molar-refractivity contribution >= 4 is 17.2 Å². The summed E-state index contributed by atoms with van der Waals surface area (Å²) < 4.78 is 11.1. The molecule has 0 aromatic carbocycles. The molecule has 3 aliphatic rings. The van der Waals surface area contributed by atoms with Crippen LogP contribution in [0.1, 0.15) is 87.4 Å². The number of pyridine rings is 1. The summed E-state index contributed by atoms with van der Waals surface area (Å²) in [5, 5.41) is 0. The first kappa shape index (κ1) is 26.6. The zero-order valence-corrected chi connectivity index (χ0v) is 24.2. The van der Waals surface area contributed by atoms with Crippen LogP contribution in [-0.2, 0) is 17.7 Å². The number of ether oxygens (including phenoxy) is 2. The lowest BCUT2D eigenvalue weighted by atomic mass is 9.76. The summed E-state index contributed by atoms with van der Waals surface area (Å²) in [6.07, 6.45) is 7.55. The van der Waals surface area contributed by atoms with Gasteiger partial charge in [-0.3, -0.25) is 9.69 Å². The third-order valence-corrected chi connectivity index (χ3v) is 10.7. The van der Waals surface area contributed by atoms with Crippen LogP contribution in [0.15, 0.2) is 6.07 Å². The minimum Gasteiger partial charge on any atom is -0.481 e. The molecule has 1 amide bonds. The van der Waals surface area contributed by atoms with Crippen LogP contribution in [-0.4, -0.2) is 66.7 Å². The molecular weight excluding hydrogens is 482 g/mol. The summed E-state index contributed by atoms with van der Waals surface area (Å²) in [5.41, 5.74) is 5.28. The molecule has 1 unspecified atom stereocenters. The molecular formula is C30H43N3O3S. The molecule has 1 saturated heterocycles. The molecule has 7 heteroatoms. The quantitative estimate of drug-likeness (QED) is 0.467. The van der Waals surface area contributed by atoms with E-state index in [0.29, 0.717) is 30.4 Å². The average molecular weight is 526 g/mol. The first-order valence-corrected chi connectivity index (χ1v) is 14.8. The van der Waals surface area contributed by atoms with E-state index in [1.807, 2.05) is 30.3 Å². The standard InChI is InChI=1S/C30H43N3O3S/c1-18-14-19(2)31-29(36-6)25(18)17-32-13-7-8-26-27(30(32)34)21(4)28(37-26)20(3)22-9-11-23(12-10-22)33-15-24(16-33)35-5/h14,20,22-24H,7-13,15-17H2,1-6H3. The maximum Gasteiger partial charge on any atom is 0.255 e. The fraction of sp³-hybridized carbons (Fsp3) is 0.667. The second kappa shape index (κ2) is 11.0. The Morgan fingerprint density at radius 2 is 1.86 bits per heavy atom. The zero-order valence-electron chi connectivity index (χ0n) is 23.4. The molecule has 0 spiro atoms. The van der Waals surface area contributed by atoms with Crippen LogP contribution < -0.4 is 4.74 Å². The summed E-state index contributed by atoms with van der Waals surface area (Å²) in [4.78, 5) is 25.9. The first-order valence-electron chi connectivity index (χ1n) is 14.0. The lowest BCUT2D eigenvalue weighted by Gasteiger charge is -2.46. The van der Waals surface area contributed by atoms with Crippen molar-refractivity contribution in [2.45, 2.75) is 90.8 Å². The topological polar surface area (TPSA) is 54.9 Å². The van der Waals surface area contributed by atoms with Gasteiger partial charge in [0.05, 0.1) is 25.3 Å². The van der Waals surface area contributed by atoms with Crippen LogP contribution in [0.4, 0.5) is 0 Å². The third-order valence-electron chi connectivity index (χ3n) is 9.16. The Bertz CT molecular complexity index is 1130. The fourth-order valence-corrected chi connectivity index (χ4v) is 8.29. The number of carbonyl (C=O) groups is 1. The molecule has 4 heterocycles. The second-order valence-corrected chi connectivity index (χ2v) is 12.6. The molecule has 2 aliphatic heterocycles. The van der Waals surface area contributed by atoms with E-state index in [2.05, 4.69) is 36.7 Å². The minimum atomic E-state index is 0.177. The lowest BCUT2D eigenvalue weighted by molar-refractivity contribution is -0.0600. The summed E-state index contributed by atoms with van der Waals surface area (Å²) in [6.45, 7) is 12.2. The van der Waals surface area contributed by atoms with Crippen molar-refractivity contribution in [2.75, 3.05) is 33.9 Å². The molecule has 2 aromatic heterocycles. The highest BCUT2D eigenvalue weighted by molar-refractivity contribution is 7.12. The van der Waals surface area contributed by atoms with Gasteiger partial charge < -0.3 is 14.4 Å². The molecule has 202 valence electrons. The monoisotopic (exact) mass is 525 g/mol. The van der Waals surface area contributed by atoms with Gasteiger partial charge in [0.2, 0.25) is 5.88 Å². The Morgan fingerprint density at radius 3 is 2.54 bits per heavy atom. The number of nitrogens with zero attached hydrogens (tertiary/aromatic N) is 3. The Hall–Kier alpha value is -1.96. The van der Waals surface area contributed by atoms with Crippen LogP contribution in [0, 0.1) is 26.7 Å². The van der Waals surface area contributed by atoms with Crippen LogP contribution in [0.2, 0.25) is 0 Å². The Balaban J connectivity index is 1.30. The number of carbonyl (C=O) groups excluding carboxylic acids is 1. The van der Waals surface area contributed by atoms with E-state index in [1.165, 1.54) is 41.0 Å². The van der Waals surface area contributed by atoms with E-state index in [1.54, 1.807) is 7.11 Å². The SMILES string of the molecule is COc1nc(C)cc(C)c1CN1CCCc2sc(C(C)C3CCC(N4CC(OC)C4)CC3)c(C)c2C1=O. The summed E-state index contributed by atoms with van der Waals surface area (Å²) in [7, 11) is 3.49. The summed E-state index contributed by atoms with van der Waals surface area (Å²) >= 11 is 1.92.